The van der Waals surface area contributed by atoms with Crippen LogP contribution in [0.1, 0.15) is 29.9 Å². The highest BCUT2D eigenvalue weighted by molar-refractivity contribution is 8.00. The Bertz CT molecular complexity index is 1440. The van der Waals surface area contributed by atoms with Crippen molar-refractivity contribution in [2.75, 3.05) is 19.0 Å². The van der Waals surface area contributed by atoms with Crippen LogP contribution in [-0.4, -0.2) is 41.7 Å². The lowest BCUT2D eigenvalue weighted by Gasteiger charge is -2.44. The summed E-state index contributed by atoms with van der Waals surface area (Å²) in [4.78, 5) is 44.8. The fraction of sp³-hybridized carbons (Fsp3) is 0.192. The van der Waals surface area contributed by atoms with Gasteiger partial charge in [0.15, 0.2) is 0 Å². The highest BCUT2D eigenvalue weighted by Crippen LogP contribution is 2.61. The molecule has 0 spiro atoms. The van der Waals surface area contributed by atoms with Crippen LogP contribution < -0.4 is 4.90 Å². The van der Waals surface area contributed by atoms with Gasteiger partial charge in [0, 0.05) is 34.2 Å². The summed E-state index contributed by atoms with van der Waals surface area (Å²) in [6, 6.07) is 16.3. The minimum absolute atomic E-state index is 0.00780. The zero-order valence-corrected chi connectivity index (χ0v) is 20.7. The third-order valence-electron chi connectivity index (χ3n) is 6.77. The first kappa shape index (κ1) is 21.2. The third-order valence-corrected chi connectivity index (χ3v) is 9.04. The molecule has 0 aliphatic carbocycles. The number of fused-ring (bicyclic) bond motifs is 4. The molecular weight excluding hydrogens is 466 g/mol. The van der Waals surface area contributed by atoms with E-state index in [1.54, 1.807) is 29.2 Å². The summed E-state index contributed by atoms with van der Waals surface area (Å²) in [5.41, 5.74) is 4.72. The molecule has 1 saturated heterocycles. The molecule has 0 unspecified atom stereocenters. The zero-order chi connectivity index (χ0) is 23.9. The molecule has 0 radical (unpaired) electrons. The van der Waals surface area contributed by atoms with Crippen molar-refractivity contribution in [2.45, 2.75) is 29.1 Å². The Hall–Kier alpha value is -3.36. The molecule has 1 aromatic heterocycles. The summed E-state index contributed by atoms with van der Waals surface area (Å²) in [6.45, 7) is 4.52. The zero-order valence-electron chi connectivity index (χ0n) is 19.1. The van der Waals surface area contributed by atoms with Gasteiger partial charge < -0.3 is 0 Å². The number of amides is 4. The number of para-hydroxylation sites is 2. The molecule has 0 bridgehead atoms. The van der Waals surface area contributed by atoms with Crippen LogP contribution in [0.15, 0.2) is 63.9 Å². The Labute approximate surface area is 205 Å². The number of carbonyl (C=O) groups excluding carboxylic acids is 3. The summed E-state index contributed by atoms with van der Waals surface area (Å²) < 4.78 is 0. The van der Waals surface area contributed by atoms with Crippen molar-refractivity contribution in [3.8, 4) is 0 Å². The van der Waals surface area contributed by atoms with Crippen molar-refractivity contribution in [3.63, 3.8) is 0 Å². The summed E-state index contributed by atoms with van der Waals surface area (Å²) in [7, 11) is 2.78. The highest BCUT2D eigenvalue weighted by atomic mass is 32.2. The Morgan fingerprint density at radius 3 is 2.26 bits per heavy atom. The number of imide groups is 2. The van der Waals surface area contributed by atoms with E-state index in [9.17, 15) is 14.4 Å². The lowest BCUT2D eigenvalue weighted by atomic mass is 9.73. The second kappa shape index (κ2) is 7.07. The first-order chi connectivity index (χ1) is 16.2. The van der Waals surface area contributed by atoms with Crippen LogP contribution in [0.2, 0.25) is 0 Å². The molecule has 6 nitrogen and oxygen atoms in total. The van der Waals surface area contributed by atoms with Crippen molar-refractivity contribution in [1.82, 2.24) is 9.80 Å². The molecule has 3 aliphatic heterocycles. The molecule has 1 fully saturated rings. The number of urea groups is 1. The van der Waals surface area contributed by atoms with Crippen LogP contribution in [-0.2, 0) is 15.0 Å². The van der Waals surface area contributed by atoms with Gasteiger partial charge in [0.2, 0.25) is 0 Å². The molecule has 170 valence electrons. The molecular formula is C26H21N3O3S2. The number of hydrogen-bond donors (Lipinski definition) is 0. The van der Waals surface area contributed by atoms with E-state index in [-0.39, 0.29) is 11.0 Å². The third kappa shape index (κ3) is 2.72. The van der Waals surface area contributed by atoms with Gasteiger partial charge in [-0.2, -0.15) is 0 Å². The molecule has 34 heavy (non-hydrogen) atoms. The number of anilines is 3. The summed E-state index contributed by atoms with van der Waals surface area (Å²) in [5, 5.41) is 1.06. The normalized spacial score (nSPS) is 18.1. The number of thiophene rings is 1. The fourth-order valence-corrected chi connectivity index (χ4v) is 7.32. The van der Waals surface area contributed by atoms with Crippen LogP contribution in [0.5, 0.6) is 0 Å². The van der Waals surface area contributed by atoms with Gasteiger partial charge in [0.25, 0.3) is 11.8 Å². The van der Waals surface area contributed by atoms with Gasteiger partial charge in [-0.05, 0) is 35.4 Å². The van der Waals surface area contributed by atoms with E-state index in [1.807, 2.05) is 6.07 Å². The second-order valence-electron chi connectivity index (χ2n) is 9.12. The number of rotatable bonds is 1. The van der Waals surface area contributed by atoms with Crippen LogP contribution >= 0.6 is 23.1 Å². The van der Waals surface area contributed by atoms with Crippen molar-refractivity contribution in [2.24, 2.45) is 0 Å². The lowest BCUT2D eigenvalue weighted by Crippen LogP contribution is -2.52. The Morgan fingerprint density at radius 2 is 1.53 bits per heavy atom. The van der Waals surface area contributed by atoms with Crippen LogP contribution in [0, 0.1) is 0 Å². The smallest absolute Gasteiger partial charge is 0.299 e. The van der Waals surface area contributed by atoms with Crippen molar-refractivity contribution in [1.29, 1.82) is 0 Å². The first-order valence-corrected chi connectivity index (χ1v) is 12.5. The van der Waals surface area contributed by atoms with E-state index in [2.05, 4.69) is 61.2 Å². The molecule has 3 aliphatic rings. The van der Waals surface area contributed by atoms with E-state index >= 15 is 0 Å². The maximum Gasteiger partial charge on any atom is 0.333 e. The second-order valence-corrected chi connectivity index (χ2v) is 11.3. The number of benzene rings is 2. The molecule has 0 N–H and O–H groups in total. The molecule has 3 aromatic rings. The predicted molar refractivity (Wildman–Crippen MR) is 134 cm³/mol. The molecule has 8 heteroatoms. The Balaban J connectivity index is 1.52. The van der Waals surface area contributed by atoms with Gasteiger partial charge in [-0.25, -0.2) is 4.79 Å². The van der Waals surface area contributed by atoms with Crippen molar-refractivity contribution in [3.05, 3.63) is 70.1 Å². The molecule has 0 saturated carbocycles. The van der Waals surface area contributed by atoms with E-state index in [0.29, 0.717) is 0 Å². The number of likely N-dealkylation sites (N-methyl/N-ethyl adjacent to an activating group) is 2. The van der Waals surface area contributed by atoms with Gasteiger partial charge in [-0.1, -0.05) is 55.9 Å². The van der Waals surface area contributed by atoms with E-state index in [0.717, 1.165) is 30.3 Å². The largest absolute Gasteiger partial charge is 0.333 e. The quantitative estimate of drug-likeness (QED) is 0.253. The molecule has 4 amide bonds. The van der Waals surface area contributed by atoms with Gasteiger partial charge in [-0.15, -0.1) is 11.3 Å². The average Bonchev–Trinajstić information content (AvgIpc) is 3.24. The average molecular weight is 488 g/mol. The van der Waals surface area contributed by atoms with Gasteiger partial charge >= 0.3 is 6.03 Å². The standard InChI is InChI=1S/C26H21N3O3S2/c1-26(2)16-8-5-6-10-18(16)29-21-17(26)9-7-11-19(21)34-20-13-14(33-24(20)29)12-15-22(30)27(3)25(32)28(4)23(15)31/h5-13H,1-4H3. The first-order valence-electron chi connectivity index (χ1n) is 10.9. The maximum absolute atomic E-state index is 12.7. The van der Waals surface area contributed by atoms with Crippen LogP contribution in [0.4, 0.5) is 21.2 Å². The van der Waals surface area contributed by atoms with Crippen molar-refractivity contribution >= 4 is 63.4 Å². The molecule has 2 aromatic carbocycles. The van der Waals surface area contributed by atoms with E-state index < -0.39 is 17.8 Å². The van der Waals surface area contributed by atoms with E-state index in [1.165, 1.54) is 35.8 Å². The van der Waals surface area contributed by atoms with Gasteiger partial charge in [0.05, 0.1) is 11.4 Å². The summed E-state index contributed by atoms with van der Waals surface area (Å²) in [5.74, 6) is -1.16. The maximum atomic E-state index is 12.7. The Morgan fingerprint density at radius 1 is 0.853 bits per heavy atom. The van der Waals surface area contributed by atoms with Crippen LogP contribution in [0.3, 0.4) is 0 Å². The molecule has 4 heterocycles. The molecule has 6 rings (SSSR count). The SMILES string of the molecule is CN1C(=O)C(=Cc2cc3c(s2)N2c4ccccc4C(C)(C)c4cccc(c42)S3)C(=O)N(C)C1=O. The highest BCUT2D eigenvalue weighted by Gasteiger charge is 2.42. The number of barbiturate groups is 1. The van der Waals surface area contributed by atoms with Gasteiger partial charge in [0.1, 0.15) is 10.6 Å². The minimum Gasteiger partial charge on any atom is -0.299 e. The number of hydrogen-bond acceptors (Lipinski definition) is 6. The number of carbonyl (C=O) groups is 3. The fourth-order valence-electron chi connectivity index (χ4n) is 4.93. The predicted octanol–water partition coefficient (Wildman–Crippen LogP) is 5.76. The van der Waals surface area contributed by atoms with E-state index in [4.69, 9.17) is 0 Å². The topological polar surface area (TPSA) is 60.9 Å². The lowest BCUT2D eigenvalue weighted by molar-refractivity contribution is -0.134. The monoisotopic (exact) mass is 487 g/mol. The Kier molecular flexibility index (Phi) is 4.41. The number of nitrogens with zero attached hydrogens (tertiary/aromatic N) is 3. The van der Waals surface area contributed by atoms with Crippen molar-refractivity contribution < 1.29 is 14.4 Å². The summed E-state index contributed by atoms with van der Waals surface area (Å²) in [6.07, 6.45) is 1.61. The molecule has 0 atom stereocenters. The van der Waals surface area contributed by atoms with Gasteiger partial charge in [-0.3, -0.25) is 24.3 Å². The summed E-state index contributed by atoms with van der Waals surface area (Å²) >= 11 is 3.25. The van der Waals surface area contributed by atoms with Crippen LogP contribution in [0.25, 0.3) is 6.08 Å². The minimum atomic E-state index is -0.622.